The van der Waals surface area contributed by atoms with E-state index in [-0.39, 0.29) is 17.3 Å². The summed E-state index contributed by atoms with van der Waals surface area (Å²) >= 11 is 1.39. The van der Waals surface area contributed by atoms with E-state index >= 15 is 0 Å². The van der Waals surface area contributed by atoms with Crippen LogP contribution in [0.5, 0.6) is 5.75 Å². The van der Waals surface area contributed by atoms with Crippen molar-refractivity contribution in [1.29, 1.82) is 0 Å². The molecule has 0 spiro atoms. The number of carbonyl (C=O) groups excluding carboxylic acids is 2. The molecule has 3 aromatic rings. The van der Waals surface area contributed by atoms with E-state index in [0.29, 0.717) is 21.9 Å². The lowest BCUT2D eigenvalue weighted by atomic mass is 10.2. The van der Waals surface area contributed by atoms with Crippen LogP contribution in [0.15, 0.2) is 71.6 Å². The van der Waals surface area contributed by atoms with Gasteiger partial charge in [-0.3, -0.25) is 9.52 Å². The van der Waals surface area contributed by atoms with Gasteiger partial charge >= 0.3 is 5.97 Å². The molecule has 0 aliphatic heterocycles. The largest absolute Gasteiger partial charge is 0.497 e. The molecule has 3 rings (SSSR count). The third-order valence-electron chi connectivity index (χ3n) is 4.57. The van der Waals surface area contributed by atoms with Crippen molar-refractivity contribution in [3.63, 3.8) is 0 Å². The summed E-state index contributed by atoms with van der Waals surface area (Å²) in [7, 11) is -2.24. The van der Waals surface area contributed by atoms with Crippen LogP contribution in [0.2, 0.25) is 0 Å². The number of carbonyl (C=O) groups is 2. The number of methoxy groups -OCH3 is 1. The van der Waals surface area contributed by atoms with Crippen molar-refractivity contribution in [2.45, 2.75) is 18.2 Å². The minimum Gasteiger partial charge on any atom is -0.497 e. The minimum absolute atomic E-state index is 0.0750. The number of aryl methyl sites for hydroxylation is 1. The van der Waals surface area contributed by atoms with E-state index in [2.05, 4.69) is 4.72 Å². The Morgan fingerprint density at radius 2 is 1.70 bits per heavy atom. The Morgan fingerprint density at radius 1 is 1.00 bits per heavy atom. The molecule has 0 aliphatic carbocycles. The van der Waals surface area contributed by atoms with Crippen LogP contribution in [0.4, 0.5) is 5.69 Å². The first-order valence-electron chi connectivity index (χ1n) is 10.0. The maximum Gasteiger partial charge on any atom is 0.331 e. The summed E-state index contributed by atoms with van der Waals surface area (Å²) in [5.74, 6) is -0.289. The van der Waals surface area contributed by atoms with Crippen LogP contribution in [0.1, 0.15) is 27.0 Å². The molecule has 172 valence electrons. The average Bonchev–Trinajstić information content (AvgIpc) is 3.31. The van der Waals surface area contributed by atoms with Crippen LogP contribution in [0.25, 0.3) is 6.08 Å². The van der Waals surface area contributed by atoms with E-state index in [1.807, 2.05) is 13.0 Å². The Kier molecular flexibility index (Phi) is 8.02. The zero-order chi connectivity index (χ0) is 23.8. The van der Waals surface area contributed by atoms with Crippen molar-refractivity contribution in [2.75, 3.05) is 18.4 Å². The monoisotopic (exact) mass is 485 g/mol. The van der Waals surface area contributed by atoms with E-state index < -0.39 is 16.0 Å². The number of benzene rings is 2. The summed E-state index contributed by atoms with van der Waals surface area (Å²) in [5.41, 5.74) is 1.01. The van der Waals surface area contributed by atoms with Crippen LogP contribution >= 0.6 is 11.3 Å². The topological polar surface area (TPSA) is 98.8 Å². The van der Waals surface area contributed by atoms with Crippen LogP contribution in [-0.4, -0.2) is 33.9 Å². The number of rotatable bonds is 10. The Bertz CT molecular complexity index is 1240. The Morgan fingerprint density at radius 3 is 2.30 bits per heavy atom. The smallest absolute Gasteiger partial charge is 0.331 e. The molecule has 0 saturated carbocycles. The van der Waals surface area contributed by atoms with E-state index in [1.165, 1.54) is 42.7 Å². The lowest BCUT2D eigenvalue weighted by Crippen LogP contribution is -2.12. The molecule has 9 heteroatoms. The van der Waals surface area contributed by atoms with Gasteiger partial charge in [0.15, 0.2) is 6.61 Å². The normalized spacial score (nSPS) is 11.3. The number of ether oxygens (including phenoxy) is 2. The molecule has 33 heavy (non-hydrogen) atoms. The number of sulfonamides is 1. The van der Waals surface area contributed by atoms with Gasteiger partial charge in [-0.15, -0.1) is 11.3 Å². The van der Waals surface area contributed by atoms with E-state index in [0.717, 1.165) is 11.3 Å². The zero-order valence-corrected chi connectivity index (χ0v) is 19.7. The average molecular weight is 486 g/mol. The molecule has 1 aromatic heterocycles. The van der Waals surface area contributed by atoms with Gasteiger partial charge in [0.25, 0.3) is 10.0 Å². The summed E-state index contributed by atoms with van der Waals surface area (Å²) in [6.07, 6.45) is 3.52. The molecule has 0 atom stereocenters. The van der Waals surface area contributed by atoms with Crippen molar-refractivity contribution in [1.82, 2.24) is 0 Å². The van der Waals surface area contributed by atoms with Crippen molar-refractivity contribution < 1.29 is 27.5 Å². The van der Waals surface area contributed by atoms with Crippen LogP contribution in [0.3, 0.4) is 0 Å². The fraction of sp³-hybridized carbons (Fsp3) is 0.167. The number of Topliss-reactive ketones (excluding diaryl/α,β-unsaturated/α-hetero) is 1. The molecule has 0 fully saturated rings. The molecule has 2 aromatic carbocycles. The second kappa shape index (κ2) is 10.9. The van der Waals surface area contributed by atoms with Gasteiger partial charge < -0.3 is 9.47 Å². The summed E-state index contributed by atoms with van der Waals surface area (Å²) in [4.78, 5) is 25.7. The highest BCUT2D eigenvalue weighted by molar-refractivity contribution is 7.92. The summed E-state index contributed by atoms with van der Waals surface area (Å²) in [6.45, 7) is 1.67. The summed E-state index contributed by atoms with van der Waals surface area (Å²) in [6, 6.07) is 16.1. The van der Waals surface area contributed by atoms with Crippen LogP contribution in [-0.2, 0) is 26.0 Å². The molecule has 0 aliphatic rings. The lowest BCUT2D eigenvalue weighted by molar-refractivity contribution is -0.136. The second-order valence-corrected chi connectivity index (χ2v) is 9.74. The highest BCUT2D eigenvalue weighted by Crippen LogP contribution is 2.20. The Balaban J connectivity index is 1.55. The summed E-state index contributed by atoms with van der Waals surface area (Å²) in [5, 5.41) is 0. The van der Waals surface area contributed by atoms with Gasteiger partial charge in [-0.05, 0) is 66.6 Å². The van der Waals surface area contributed by atoms with E-state index in [4.69, 9.17) is 9.47 Å². The highest BCUT2D eigenvalue weighted by atomic mass is 32.2. The first-order chi connectivity index (χ1) is 15.8. The molecule has 7 nitrogen and oxygen atoms in total. The van der Waals surface area contributed by atoms with Gasteiger partial charge in [0.2, 0.25) is 5.78 Å². The number of thiophene rings is 1. The highest BCUT2D eigenvalue weighted by Gasteiger charge is 2.14. The maximum atomic E-state index is 12.6. The van der Waals surface area contributed by atoms with Crippen molar-refractivity contribution in [3.8, 4) is 5.75 Å². The van der Waals surface area contributed by atoms with E-state index in [9.17, 15) is 18.0 Å². The first-order valence-corrected chi connectivity index (χ1v) is 12.3. The lowest BCUT2D eigenvalue weighted by Gasteiger charge is -2.09. The van der Waals surface area contributed by atoms with Gasteiger partial charge in [0, 0.05) is 16.6 Å². The molecule has 1 heterocycles. The predicted molar refractivity (Wildman–Crippen MR) is 128 cm³/mol. The number of esters is 1. The van der Waals surface area contributed by atoms with Gasteiger partial charge in [-0.25, -0.2) is 13.2 Å². The quantitative estimate of drug-likeness (QED) is 0.257. The van der Waals surface area contributed by atoms with Crippen molar-refractivity contribution in [3.05, 3.63) is 82.1 Å². The van der Waals surface area contributed by atoms with Gasteiger partial charge in [0.1, 0.15) is 5.75 Å². The molecule has 1 N–H and O–H groups in total. The molecule has 0 radical (unpaired) electrons. The number of hydrogen-bond donors (Lipinski definition) is 1. The standard InChI is InChI=1S/C24H23NO6S2/c1-3-20-11-14-23(32-20)22(26)16-31-24(27)15-6-17-4-12-21(13-5-17)33(28,29)25-18-7-9-19(30-2)10-8-18/h4-15,25H,3,16H2,1-2H3/b15-6+. The van der Waals surface area contributed by atoms with Crippen molar-refractivity contribution >= 4 is 44.9 Å². The van der Waals surface area contributed by atoms with Crippen LogP contribution < -0.4 is 9.46 Å². The third-order valence-corrected chi connectivity index (χ3v) is 7.24. The number of hydrogen-bond acceptors (Lipinski definition) is 7. The molecular formula is C24H23NO6S2. The van der Waals surface area contributed by atoms with Crippen molar-refractivity contribution in [2.24, 2.45) is 0 Å². The minimum atomic E-state index is -3.77. The van der Waals surface area contributed by atoms with E-state index in [1.54, 1.807) is 42.5 Å². The third kappa shape index (κ3) is 6.77. The maximum absolute atomic E-state index is 12.6. The second-order valence-electron chi connectivity index (χ2n) is 6.89. The fourth-order valence-corrected chi connectivity index (χ4v) is 4.70. The molecule has 0 unspecified atom stereocenters. The van der Waals surface area contributed by atoms with Crippen LogP contribution in [0, 0.1) is 0 Å². The SMILES string of the molecule is CCc1ccc(C(=O)COC(=O)/C=C/c2ccc(S(=O)(=O)Nc3ccc(OC)cc3)cc2)s1. The zero-order valence-electron chi connectivity index (χ0n) is 18.1. The first kappa shape index (κ1) is 24.2. The van der Waals surface area contributed by atoms with Gasteiger partial charge in [0.05, 0.1) is 16.9 Å². The molecule has 0 amide bonds. The predicted octanol–water partition coefficient (Wildman–Crippen LogP) is 4.56. The van der Waals surface area contributed by atoms with Gasteiger partial charge in [-0.1, -0.05) is 19.1 Å². The van der Waals surface area contributed by atoms with Gasteiger partial charge in [-0.2, -0.15) is 0 Å². The molecular weight excluding hydrogens is 462 g/mol. The number of nitrogens with one attached hydrogen (secondary N) is 1. The fourth-order valence-electron chi connectivity index (χ4n) is 2.77. The number of anilines is 1. The summed E-state index contributed by atoms with van der Waals surface area (Å²) < 4.78 is 37.7. The number of ketones is 1. The Hall–Kier alpha value is -3.43. The molecule has 0 bridgehead atoms. The Labute approximate surface area is 196 Å². The molecule has 0 saturated heterocycles.